The minimum Gasteiger partial charge on any atom is -0.462 e. The maximum Gasteiger partial charge on any atom is 0.306 e. The van der Waals surface area contributed by atoms with Crippen LogP contribution in [0, 0.1) is 0 Å². The zero-order valence-corrected chi connectivity index (χ0v) is 50.7. The molecule has 0 heterocycles. The number of carbonyl (C=O) groups excluding carboxylic acids is 3. The molecule has 0 aromatic heterocycles. The van der Waals surface area contributed by atoms with E-state index < -0.39 is 6.10 Å². The minimum atomic E-state index is -0.762. The lowest BCUT2D eigenvalue weighted by Gasteiger charge is -2.18. The SMILES string of the molecule is CCCCCCCCCCCCCCCCCCCCCCCCCCC(=O)OCC(COC(=O)CCCCCCCCCCC)OC(=O)CCCCCCCCCCCCCCCCCCCCCCCCC. The highest BCUT2D eigenvalue weighted by molar-refractivity contribution is 5.71. The summed E-state index contributed by atoms with van der Waals surface area (Å²) in [7, 11) is 0. The van der Waals surface area contributed by atoms with Gasteiger partial charge < -0.3 is 14.2 Å². The number of hydrogen-bond acceptors (Lipinski definition) is 6. The fraction of sp³-hybridized carbons (Fsp3) is 0.956. The van der Waals surface area contributed by atoms with Gasteiger partial charge in [0.05, 0.1) is 0 Å². The lowest BCUT2D eigenvalue weighted by atomic mass is 10.0. The Labute approximate surface area is 463 Å². The molecule has 0 aromatic carbocycles. The molecule has 0 amide bonds. The Balaban J connectivity index is 4.10. The second kappa shape index (κ2) is 63.9. The molecule has 0 rings (SSSR count). The minimum absolute atomic E-state index is 0.0608. The molecule has 0 fully saturated rings. The molecule has 1 atom stereocenters. The van der Waals surface area contributed by atoms with Gasteiger partial charge >= 0.3 is 17.9 Å². The van der Waals surface area contributed by atoms with Gasteiger partial charge in [-0.05, 0) is 19.3 Å². The highest BCUT2D eigenvalue weighted by Crippen LogP contribution is 2.19. The summed E-state index contributed by atoms with van der Waals surface area (Å²) >= 11 is 0. The lowest BCUT2D eigenvalue weighted by molar-refractivity contribution is -0.167. The molecule has 0 saturated carbocycles. The highest BCUT2D eigenvalue weighted by atomic mass is 16.6. The van der Waals surface area contributed by atoms with Crippen LogP contribution in [0.5, 0.6) is 0 Å². The second-order valence-electron chi connectivity index (χ2n) is 23.5. The molecule has 0 radical (unpaired) electrons. The Morgan fingerprint density at radius 2 is 0.365 bits per heavy atom. The number of esters is 3. The molecule has 0 aromatic rings. The summed E-state index contributed by atoms with van der Waals surface area (Å²) in [4.78, 5) is 38.2. The summed E-state index contributed by atoms with van der Waals surface area (Å²) in [6.07, 6.45) is 74.3. The fourth-order valence-corrected chi connectivity index (χ4v) is 10.7. The van der Waals surface area contributed by atoms with E-state index in [1.807, 2.05) is 0 Å². The quantitative estimate of drug-likeness (QED) is 0.0343. The zero-order chi connectivity index (χ0) is 53.6. The molecule has 0 bridgehead atoms. The van der Waals surface area contributed by atoms with Gasteiger partial charge in [-0.25, -0.2) is 0 Å². The zero-order valence-electron chi connectivity index (χ0n) is 50.7. The number of rotatable bonds is 64. The van der Waals surface area contributed by atoms with Gasteiger partial charge in [-0.1, -0.05) is 361 Å². The highest BCUT2D eigenvalue weighted by Gasteiger charge is 2.19. The Morgan fingerprint density at radius 3 is 0.541 bits per heavy atom. The van der Waals surface area contributed by atoms with Crippen LogP contribution in [0.4, 0.5) is 0 Å². The van der Waals surface area contributed by atoms with E-state index in [9.17, 15) is 14.4 Å². The van der Waals surface area contributed by atoms with E-state index >= 15 is 0 Å². The van der Waals surface area contributed by atoms with Gasteiger partial charge in [-0.3, -0.25) is 14.4 Å². The standard InChI is InChI=1S/C68H132O6/c1-4-7-10-13-16-19-21-23-25-27-29-31-33-35-36-38-40-42-44-46-49-52-55-58-61-67(70)73-64-65(63-72-66(69)60-57-54-51-48-18-15-12-9-6-3)74-68(71)62-59-56-53-50-47-45-43-41-39-37-34-32-30-28-26-24-22-20-17-14-11-8-5-2/h65H,4-64H2,1-3H3. The summed E-state index contributed by atoms with van der Waals surface area (Å²) in [6.45, 7) is 6.71. The van der Waals surface area contributed by atoms with E-state index in [2.05, 4.69) is 20.8 Å². The average molecular weight is 1050 g/mol. The van der Waals surface area contributed by atoms with Gasteiger partial charge in [-0.2, -0.15) is 0 Å². The third kappa shape index (κ3) is 61.3. The smallest absolute Gasteiger partial charge is 0.306 e. The lowest BCUT2D eigenvalue weighted by Crippen LogP contribution is -2.30. The summed E-state index contributed by atoms with van der Waals surface area (Å²) in [5, 5.41) is 0. The van der Waals surface area contributed by atoms with Gasteiger partial charge in [0.25, 0.3) is 0 Å². The first kappa shape index (κ1) is 72.4. The molecule has 0 saturated heterocycles. The van der Waals surface area contributed by atoms with Gasteiger partial charge in [0, 0.05) is 19.3 Å². The molecule has 0 spiro atoms. The van der Waals surface area contributed by atoms with Crippen molar-refractivity contribution in [2.75, 3.05) is 13.2 Å². The molecular weight excluding hydrogens is 913 g/mol. The number of hydrogen-bond donors (Lipinski definition) is 0. The monoisotopic (exact) mass is 1050 g/mol. The van der Waals surface area contributed by atoms with Crippen LogP contribution in [0.3, 0.4) is 0 Å². The van der Waals surface area contributed by atoms with Crippen molar-refractivity contribution in [3.05, 3.63) is 0 Å². The Morgan fingerprint density at radius 1 is 0.216 bits per heavy atom. The van der Waals surface area contributed by atoms with E-state index in [0.717, 1.165) is 57.8 Å². The van der Waals surface area contributed by atoms with Crippen LogP contribution in [-0.4, -0.2) is 37.2 Å². The number of carbonyl (C=O) groups is 3. The van der Waals surface area contributed by atoms with E-state index in [1.165, 1.54) is 302 Å². The van der Waals surface area contributed by atoms with Gasteiger partial charge in [0.15, 0.2) is 6.10 Å². The largest absolute Gasteiger partial charge is 0.462 e. The summed E-state index contributed by atoms with van der Waals surface area (Å²) in [5.41, 5.74) is 0. The number of ether oxygens (including phenoxy) is 3. The molecule has 0 aliphatic heterocycles. The third-order valence-corrected chi connectivity index (χ3v) is 15.9. The van der Waals surface area contributed by atoms with E-state index in [4.69, 9.17) is 14.2 Å². The van der Waals surface area contributed by atoms with Gasteiger partial charge in [0.1, 0.15) is 13.2 Å². The average Bonchev–Trinajstić information content (AvgIpc) is 3.40. The van der Waals surface area contributed by atoms with Crippen molar-refractivity contribution in [2.24, 2.45) is 0 Å². The first-order chi connectivity index (χ1) is 36.5. The van der Waals surface area contributed by atoms with Crippen molar-refractivity contribution in [1.82, 2.24) is 0 Å². The molecule has 440 valence electrons. The van der Waals surface area contributed by atoms with E-state index in [-0.39, 0.29) is 31.1 Å². The Hall–Kier alpha value is -1.59. The van der Waals surface area contributed by atoms with Crippen molar-refractivity contribution in [3.63, 3.8) is 0 Å². The van der Waals surface area contributed by atoms with E-state index in [1.54, 1.807) is 0 Å². The summed E-state index contributed by atoms with van der Waals surface area (Å²) < 4.78 is 16.9. The first-order valence-electron chi connectivity index (χ1n) is 34.0. The third-order valence-electron chi connectivity index (χ3n) is 15.9. The van der Waals surface area contributed by atoms with Crippen LogP contribution in [0.15, 0.2) is 0 Å². The van der Waals surface area contributed by atoms with Crippen LogP contribution in [0.1, 0.15) is 400 Å². The van der Waals surface area contributed by atoms with Gasteiger partial charge in [0.2, 0.25) is 0 Å². The topological polar surface area (TPSA) is 78.9 Å². The Bertz CT molecular complexity index is 1110. The molecule has 6 heteroatoms. The second-order valence-corrected chi connectivity index (χ2v) is 23.5. The normalized spacial score (nSPS) is 11.9. The van der Waals surface area contributed by atoms with Crippen molar-refractivity contribution >= 4 is 17.9 Å². The molecule has 74 heavy (non-hydrogen) atoms. The maximum atomic E-state index is 12.9. The Kier molecular flexibility index (Phi) is 62.6. The first-order valence-corrected chi connectivity index (χ1v) is 34.0. The maximum absolute atomic E-state index is 12.9. The molecule has 0 aliphatic carbocycles. The molecule has 0 N–H and O–H groups in total. The van der Waals surface area contributed by atoms with Crippen LogP contribution < -0.4 is 0 Å². The van der Waals surface area contributed by atoms with Crippen molar-refractivity contribution < 1.29 is 28.6 Å². The predicted molar refractivity (Wildman–Crippen MR) is 321 cm³/mol. The molecule has 6 nitrogen and oxygen atoms in total. The summed E-state index contributed by atoms with van der Waals surface area (Å²) in [5.74, 6) is -0.828. The van der Waals surface area contributed by atoms with Crippen LogP contribution >= 0.6 is 0 Å². The fourth-order valence-electron chi connectivity index (χ4n) is 10.7. The van der Waals surface area contributed by atoms with Crippen LogP contribution in [0.2, 0.25) is 0 Å². The van der Waals surface area contributed by atoms with Gasteiger partial charge in [-0.15, -0.1) is 0 Å². The molecule has 0 aliphatic rings. The molecule has 1 unspecified atom stereocenters. The van der Waals surface area contributed by atoms with E-state index in [0.29, 0.717) is 19.3 Å². The predicted octanol–water partition coefficient (Wildman–Crippen LogP) is 23.1. The summed E-state index contributed by atoms with van der Waals surface area (Å²) in [6, 6.07) is 0. The van der Waals surface area contributed by atoms with Crippen molar-refractivity contribution in [1.29, 1.82) is 0 Å². The van der Waals surface area contributed by atoms with Crippen LogP contribution in [0.25, 0.3) is 0 Å². The van der Waals surface area contributed by atoms with Crippen molar-refractivity contribution in [2.45, 2.75) is 406 Å². The van der Waals surface area contributed by atoms with Crippen LogP contribution in [-0.2, 0) is 28.6 Å². The number of unbranched alkanes of at least 4 members (excludes halogenated alkanes) is 53. The molecular formula is C68H132O6. The van der Waals surface area contributed by atoms with Crippen molar-refractivity contribution in [3.8, 4) is 0 Å².